The molecule has 2 unspecified atom stereocenters. The SMILES string of the molecule is COc1cc2c(cc1OC)[C@@H]1CC(=O)[C@@H](CC(C)C)CN1CC2.O=C(OC(=O)C(O)C(OC(=O)c1ccccc1)C(=O)O)c1ccccc1. The second-order valence-corrected chi connectivity index (χ2v) is 12.2. The van der Waals surface area contributed by atoms with E-state index in [0.717, 1.165) is 37.4 Å². The minimum atomic E-state index is -2.38. The number of carbonyl (C=O) groups excluding carboxylic acids is 4. The van der Waals surface area contributed by atoms with Gasteiger partial charge in [-0.1, -0.05) is 50.2 Å². The van der Waals surface area contributed by atoms with Gasteiger partial charge in [-0.2, -0.15) is 0 Å². The Morgan fingerprint density at radius 3 is 2.00 bits per heavy atom. The van der Waals surface area contributed by atoms with Gasteiger partial charge in [-0.05, 0) is 66.3 Å². The Morgan fingerprint density at radius 1 is 0.878 bits per heavy atom. The normalized spacial score (nSPS) is 18.0. The number of hydrogen-bond acceptors (Lipinski definition) is 11. The molecule has 0 radical (unpaired) electrons. The van der Waals surface area contributed by atoms with Crippen molar-refractivity contribution in [2.24, 2.45) is 11.8 Å². The predicted molar refractivity (Wildman–Crippen MR) is 176 cm³/mol. The van der Waals surface area contributed by atoms with Gasteiger partial charge in [0, 0.05) is 31.5 Å². The van der Waals surface area contributed by atoms with Crippen molar-refractivity contribution in [3.63, 3.8) is 0 Å². The van der Waals surface area contributed by atoms with Crippen LogP contribution in [-0.4, -0.2) is 84.3 Å². The predicted octanol–water partition coefficient (Wildman–Crippen LogP) is 4.28. The van der Waals surface area contributed by atoms with Crippen LogP contribution in [0.5, 0.6) is 11.5 Å². The van der Waals surface area contributed by atoms with Crippen molar-refractivity contribution in [1.29, 1.82) is 0 Å². The van der Waals surface area contributed by atoms with Gasteiger partial charge in [0.1, 0.15) is 5.78 Å². The average Bonchev–Trinajstić information content (AvgIpc) is 3.10. The third-order valence-corrected chi connectivity index (χ3v) is 8.39. The summed E-state index contributed by atoms with van der Waals surface area (Å²) >= 11 is 0. The van der Waals surface area contributed by atoms with Crippen LogP contribution in [0.25, 0.3) is 0 Å². The first-order valence-electron chi connectivity index (χ1n) is 15.9. The molecule has 0 aromatic heterocycles. The largest absolute Gasteiger partial charge is 0.493 e. The number of aliphatic hydroxyl groups is 1. The maximum atomic E-state index is 12.6. The zero-order chi connectivity index (χ0) is 35.7. The van der Waals surface area contributed by atoms with Crippen LogP contribution >= 0.6 is 0 Å². The van der Waals surface area contributed by atoms with E-state index in [4.69, 9.17) is 14.6 Å². The van der Waals surface area contributed by atoms with Crippen LogP contribution in [0.1, 0.15) is 64.6 Å². The van der Waals surface area contributed by atoms with E-state index in [2.05, 4.69) is 40.4 Å². The van der Waals surface area contributed by atoms with Gasteiger partial charge in [0.15, 0.2) is 11.5 Å². The van der Waals surface area contributed by atoms with Gasteiger partial charge in [-0.15, -0.1) is 0 Å². The molecule has 3 aromatic rings. The highest BCUT2D eigenvalue weighted by Gasteiger charge is 2.39. The summed E-state index contributed by atoms with van der Waals surface area (Å²) in [6, 6.07) is 19.2. The van der Waals surface area contributed by atoms with Crippen LogP contribution in [0.15, 0.2) is 72.8 Å². The van der Waals surface area contributed by atoms with Crippen molar-refractivity contribution in [1.82, 2.24) is 4.90 Å². The number of carbonyl (C=O) groups is 5. The highest BCUT2D eigenvalue weighted by Crippen LogP contribution is 2.42. The lowest BCUT2D eigenvalue weighted by Gasteiger charge is -2.43. The number of rotatable bonds is 10. The molecule has 3 aromatic carbocycles. The quantitative estimate of drug-likeness (QED) is 0.232. The number of ether oxygens (including phenoxy) is 4. The number of methoxy groups -OCH3 is 2. The van der Waals surface area contributed by atoms with E-state index < -0.39 is 36.1 Å². The molecule has 1 fully saturated rings. The molecule has 5 rings (SSSR count). The molecule has 1 saturated heterocycles. The number of benzene rings is 3. The van der Waals surface area contributed by atoms with Crippen molar-refractivity contribution in [2.75, 3.05) is 27.3 Å². The zero-order valence-electron chi connectivity index (χ0n) is 27.9. The molecule has 2 heterocycles. The third-order valence-electron chi connectivity index (χ3n) is 8.39. The van der Waals surface area contributed by atoms with E-state index in [-0.39, 0.29) is 23.1 Å². The van der Waals surface area contributed by atoms with E-state index in [1.54, 1.807) is 26.4 Å². The Bertz CT molecular complexity index is 1640. The summed E-state index contributed by atoms with van der Waals surface area (Å²) in [5.74, 6) is -2.73. The topological polar surface area (TPSA) is 166 Å². The number of nitrogens with zero attached hydrogens (tertiary/aromatic N) is 1. The maximum absolute atomic E-state index is 12.6. The smallest absolute Gasteiger partial charge is 0.348 e. The molecule has 0 amide bonds. The minimum Gasteiger partial charge on any atom is -0.493 e. The van der Waals surface area contributed by atoms with Crippen molar-refractivity contribution in [3.8, 4) is 11.5 Å². The maximum Gasteiger partial charge on any atom is 0.348 e. The summed E-state index contributed by atoms with van der Waals surface area (Å²) in [6.07, 6.45) is -1.98. The fourth-order valence-corrected chi connectivity index (χ4v) is 5.97. The molecule has 0 saturated carbocycles. The number of ketones is 1. The van der Waals surface area contributed by atoms with Crippen LogP contribution in [0.2, 0.25) is 0 Å². The average molecular weight is 676 g/mol. The summed E-state index contributed by atoms with van der Waals surface area (Å²) in [5, 5.41) is 19.0. The summed E-state index contributed by atoms with van der Waals surface area (Å²) in [5.41, 5.74) is 2.59. The molecule has 2 aliphatic rings. The lowest BCUT2D eigenvalue weighted by atomic mass is 9.80. The highest BCUT2D eigenvalue weighted by atomic mass is 16.6. The summed E-state index contributed by atoms with van der Waals surface area (Å²) < 4.78 is 20.0. The van der Waals surface area contributed by atoms with E-state index >= 15 is 0 Å². The number of esters is 3. The fourth-order valence-electron chi connectivity index (χ4n) is 5.97. The molecule has 2 N–H and O–H groups in total. The molecule has 0 bridgehead atoms. The van der Waals surface area contributed by atoms with E-state index in [1.807, 2.05) is 0 Å². The first-order valence-corrected chi connectivity index (χ1v) is 15.9. The van der Waals surface area contributed by atoms with Crippen LogP contribution in [0, 0.1) is 11.8 Å². The van der Waals surface area contributed by atoms with Crippen molar-refractivity contribution >= 4 is 29.7 Å². The number of piperidine rings is 1. The number of Topliss-reactive ketones (excluding diaryl/α,β-unsaturated/α-hetero) is 1. The Kier molecular flexibility index (Phi) is 12.6. The monoisotopic (exact) mass is 675 g/mol. The van der Waals surface area contributed by atoms with Crippen LogP contribution in [0.4, 0.5) is 0 Å². The van der Waals surface area contributed by atoms with E-state index in [0.29, 0.717) is 18.1 Å². The van der Waals surface area contributed by atoms with Gasteiger partial charge >= 0.3 is 23.9 Å². The standard InChI is InChI=1S/C19H27NO3.C18H14O8/c1-12(2)7-14-11-20-6-5-13-8-18(22-3)19(23-4)9-15(13)16(20)10-17(14)21;19-13(18(24)26-17(23)12-9-5-2-6-10-12)14(15(20)21)25-16(22)11-7-3-1-4-8-11/h8-9,12,14,16H,5-7,10-11H2,1-4H3;1-10,13-14,19H,(H,20,21)/t14-,16-;/m0./s1. The minimum absolute atomic E-state index is 0.0275. The Morgan fingerprint density at radius 2 is 1.45 bits per heavy atom. The number of hydrogen-bond donors (Lipinski definition) is 2. The number of carboxylic acids is 1. The summed E-state index contributed by atoms with van der Waals surface area (Å²) in [6.45, 7) is 6.31. The Labute approximate surface area is 284 Å². The molecule has 0 spiro atoms. The number of carboxylic acid groups (broad SMARTS) is 1. The highest BCUT2D eigenvalue weighted by molar-refractivity contribution is 5.99. The first kappa shape index (κ1) is 36.8. The van der Waals surface area contributed by atoms with Gasteiger partial charge in [0.2, 0.25) is 12.2 Å². The number of fused-ring (bicyclic) bond motifs is 3. The van der Waals surface area contributed by atoms with E-state index in [1.165, 1.54) is 59.7 Å². The molecular formula is C37H41NO11. The number of aliphatic carboxylic acids is 1. The number of aliphatic hydroxyl groups excluding tert-OH is 1. The van der Waals surface area contributed by atoms with Gasteiger partial charge in [0.25, 0.3) is 0 Å². The van der Waals surface area contributed by atoms with E-state index in [9.17, 15) is 29.1 Å². The Hall–Kier alpha value is -5.07. The van der Waals surface area contributed by atoms with Crippen molar-refractivity contribution in [2.45, 2.75) is 51.4 Å². The molecule has 12 heteroatoms. The van der Waals surface area contributed by atoms with Crippen LogP contribution in [-0.2, 0) is 30.3 Å². The molecular weight excluding hydrogens is 634 g/mol. The molecule has 0 aliphatic carbocycles. The molecule has 260 valence electrons. The molecule has 12 nitrogen and oxygen atoms in total. The van der Waals surface area contributed by atoms with Gasteiger partial charge < -0.3 is 29.2 Å². The molecule has 4 atom stereocenters. The zero-order valence-corrected chi connectivity index (χ0v) is 27.9. The van der Waals surface area contributed by atoms with Crippen molar-refractivity contribution < 1.29 is 53.1 Å². The van der Waals surface area contributed by atoms with Crippen molar-refractivity contribution in [3.05, 3.63) is 95.1 Å². The second-order valence-electron chi connectivity index (χ2n) is 12.2. The summed E-state index contributed by atoms with van der Waals surface area (Å²) in [7, 11) is 3.33. The first-order chi connectivity index (χ1) is 23.4. The summed E-state index contributed by atoms with van der Waals surface area (Å²) in [4.78, 5) is 61.9. The second kappa shape index (κ2) is 16.8. The van der Waals surface area contributed by atoms with Crippen LogP contribution in [0.3, 0.4) is 0 Å². The molecule has 2 aliphatic heterocycles. The Balaban J connectivity index is 0.000000222. The fraction of sp³-hybridized carbons (Fsp3) is 0.378. The van der Waals surface area contributed by atoms with Gasteiger partial charge in [-0.3, -0.25) is 9.69 Å². The third kappa shape index (κ3) is 9.30. The van der Waals surface area contributed by atoms with Gasteiger partial charge in [-0.25, -0.2) is 19.2 Å². The van der Waals surface area contributed by atoms with Gasteiger partial charge in [0.05, 0.1) is 25.3 Å². The lowest BCUT2D eigenvalue weighted by molar-refractivity contribution is -0.166. The lowest BCUT2D eigenvalue weighted by Crippen LogP contribution is -2.46. The molecule has 49 heavy (non-hydrogen) atoms. The van der Waals surface area contributed by atoms with Crippen LogP contribution < -0.4 is 9.47 Å².